The normalized spacial score (nSPS) is 11.8. The second-order valence-electron chi connectivity index (χ2n) is 4.36. The number of methoxy groups -OCH3 is 2. The van der Waals surface area contributed by atoms with Crippen LogP contribution in [0.15, 0.2) is 18.2 Å². The minimum atomic E-state index is -0.0113. The van der Waals surface area contributed by atoms with Crippen LogP contribution in [0, 0.1) is 0 Å². The van der Waals surface area contributed by atoms with Gasteiger partial charge in [0.15, 0.2) is 11.5 Å². The van der Waals surface area contributed by atoms with Crippen molar-refractivity contribution in [3.05, 3.63) is 23.8 Å². The molecular formula is C14H22N2O3. The van der Waals surface area contributed by atoms with E-state index in [1.54, 1.807) is 14.2 Å². The Morgan fingerprint density at radius 2 is 2.11 bits per heavy atom. The third kappa shape index (κ3) is 4.44. The number of aryl methyl sites for hydroxylation is 1. The number of ether oxygens (including phenoxy) is 2. The lowest BCUT2D eigenvalue weighted by Gasteiger charge is -2.14. The molecule has 0 saturated heterocycles. The van der Waals surface area contributed by atoms with E-state index in [0.717, 1.165) is 5.56 Å². The summed E-state index contributed by atoms with van der Waals surface area (Å²) in [5.41, 5.74) is 6.42. The number of nitrogens with one attached hydrogen (secondary N) is 1. The highest BCUT2D eigenvalue weighted by Gasteiger charge is 2.11. The van der Waals surface area contributed by atoms with Gasteiger partial charge in [0.2, 0.25) is 5.91 Å². The minimum Gasteiger partial charge on any atom is -0.493 e. The molecule has 0 spiro atoms. The number of benzene rings is 1. The summed E-state index contributed by atoms with van der Waals surface area (Å²) in [7, 11) is 3.19. The Morgan fingerprint density at radius 1 is 1.37 bits per heavy atom. The van der Waals surface area contributed by atoms with Gasteiger partial charge in [0.1, 0.15) is 0 Å². The molecule has 0 heterocycles. The van der Waals surface area contributed by atoms with Crippen LogP contribution in [0.5, 0.6) is 11.5 Å². The number of carbonyl (C=O) groups excluding carboxylic acids is 1. The molecule has 1 aromatic rings. The Kier molecular flexibility index (Phi) is 6.15. The molecule has 0 saturated carbocycles. The molecule has 0 aliphatic heterocycles. The lowest BCUT2D eigenvalue weighted by molar-refractivity contribution is -0.121. The average Bonchev–Trinajstić information content (AvgIpc) is 2.44. The van der Waals surface area contributed by atoms with E-state index in [1.807, 2.05) is 25.1 Å². The van der Waals surface area contributed by atoms with Crippen molar-refractivity contribution in [2.24, 2.45) is 5.73 Å². The van der Waals surface area contributed by atoms with Crippen molar-refractivity contribution in [3.63, 3.8) is 0 Å². The van der Waals surface area contributed by atoms with Crippen molar-refractivity contribution in [2.75, 3.05) is 20.8 Å². The molecule has 1 unspecified atom stereocenters. The maximum atomic E-state index is 11.7. The van der Waals surface area contributed by atoms with Gasteiger partial charge in [-0.15, -0.1) is 0 Å². The maximum Gasteiger partial charge on any atom is 0.220 e. The van der Waals surface area contributed by atoms with Gasteiger partial charge in [-0.3, -0.25) is 4.79 Å². The van der Waals surface area contributed by atoms with E-state index < -0.39 is 0 Å². The quantitative estimate of drug-likeness (QED) is 0.775. The van der Waals surface area contributed by atoms with E-state index in [4.69, 9.17) is 15.2 Å². The smallest absolute Gasteiger partial charge is 0.220 e. The summed E-state index contributed by atoms with van der Waals surface area (Å²) < 4.78 is 10.5. The Bertz CT molecular complexity index is 421. The summed E-state index contributed by atoms with van der Waals surface area (Å²) >= 11 is 0. The molecule has 5 nitrogen and oxygen atoms in total. The van der Waals surface area contributed by atoms with Crippen LogP contribution in [0.25, 0.3) is 0 Å². The predicted molar refractivity (Wildman–Crippen MR) is 74.5 cm³/mol. The molecule has 1 aromatic carbocycles. The summed E-state index contributed by atoms with van der Waals surface area (Å²) in [5, 5.41) is 2.83. The molecule has 0 aromatic heterocycles. The summed E-state index contributed by atoms with van der Waals surface area (Å²) in [5.74, 6) is 1.35. The third-order valence-corrected chi connectivity index (χ3v) is 2.87. The highest BCUT2D eigenvalue weighted by Crippen LogP contribution is 2.31. The molecule has 1 atom stereocenters. The van der Waals surface area contributed by atoms with Gasteiger partial charge < -0.3 is 20.5 Å². The van der Waals surface area contributed by atoms with Gasteiger partial charge in [0, 0.05) is 19.0 Å². The van der Waals surface area contributed by atoms with Gasteiger partial charge in [0.25, 0.3) is 0 Å². The molecule has 5 heteroatoms. The molecule has 1 rings (SSSR count). The van der Waals surface area contributed by atoms with Crippen molar-refractivity contribution in [1.82, 2.24) is 5.32 Å². The molecule has 0 bridgehead atoms. The van der Waals surface area contributed by atoms with Crippen molar-refractivity contribution in [3.8, 4) is 11.5 Å². The predicted octanol–water partition coefficient (Wildman–Crippen LogP) is 1.10. The Balaban J connectivity index is 2.65. The number of carbonyl (C=O) groups is 1. The molecule has 0 aliphatic carbocycles. The first-order valence-electron chi connectivity index (χ1n) is 6.31. The molecule has 0 fully saturated rings. The molecule has 106 valence electrons. The van der Waals surface area contributed by atoms with Crippen LogP contribution in [-0.2, 0) is 11.2 Å². The average molecular weight is 266 g/mol. The first-order valence-corrected chi connectivity index (χ1v) is 6.31. The van der Waals surface area contributed by atoms with E-state index in [2.05, 4.69) is 5.32 Å². The van der Waals surface area contributed by atoms with Gasteiger partial charge in [-0.05, 0) is 25.0 Å². The zero-order valence-electron chi connectivity index (χ0n) is 11.7. The number of nitrogens with two attached hydrogens (primary N) is 1. The van der Waals surface area contributed by atoms with Gasteiger partial charge in [0.05, 0.1) is 14.2 Å². The number of rotatable bonds is 7. The largest absolute Gasteiger partial charge is 0.493 e. The molecule has 0 radical (unpaired) electrons. The van der Waals surface area contributed by atoms with Crippen molar-refractivity contribution >= 4 is 5.91 Å². The van der Waals surface area contributed by atoms with Crippen molar-refractivity contribution in [2.45, 2.75) is 25.8 Å². The molecule has 1 amide bonds. The van der Waals surface area contributed by atoms with Gasteiger partial charge in [-0.2, -0.15) is 0 Å². The lowest BCUT2D eigenvalue weighted by atomic mass is 10.1. The van der Waals surface area contributed by atoms with Crippen LogP contribution in [0.3, 0.4) is 0 Å². The van der Waals surface area contributed by atoms with E-state index in [9.17, 15) is 4.79 Å². The second kappa shape index (κ2) is 7.63. The lowest BCUT2D eigenvalue weighted by Crippen LogP contribution is -2.37. The summed E-state index contributed by atoms with van der Waals surface area (Å²) in [6.45, 7) is 2.32. The fraction of sp³-hybridized carbons (Fsp3) is 0.500. The fourth-order valence-corrected chi connectivity index (χ4v) is 1.80. The minimum absolute atomic E-state index is 0.000273. The molecule has 3 N–H and O–H groups in total. The van der Waals surface area contributed by atoms with Gasteiger partial charge in [-0.25, -0.2) is 0 Å². The zero-order chi connectivity index (χ0) is 14.3. The first kappa shape index (κ1) is 15.3. The van der Waals surface area contributed by atoms with Crippen LogP contribution in [-0.4, -0.2) is 32.7 Å². The fourth-order valence-electron chi connectivity index (χ4n) is 1.80. The number of hydrogen-bond donors (Lipinski definition) is 2. The molecule has 0 aliphatic rings. The monoisotopic (exact) mass is 266 g/mol. The van der Waals surface area contributed by atoms with Gasteiger partial charge in [-0.1, -0.05) is 12.1 Å². The SMILES string of the molecule is COc1cccc(CCC(=O)NC(C)CN)c1OC. The standard InChI is InChI=1S/C14H22N2O3/c1-10(9-15)16-13(17)8-7-11-5-4-6-12(18-2)14(11)19-3/h4-6,10H,7-9,15H2,1-3H3,(H,16,17). The zero-order valence-corrected chi connectivity index (χ0v) is 11.7. The van der Waals surface area contributed by atoms with Gasteiger partial charge >= 0.3 is 0 Å². The summed E-state index contributed by atoms with van der Waals surface area (Å²) in [6, 6.07) is 5.65. The van der Waals surface area contributed by atoms with Crippen LogP contribution in [0.1, 0.15) is 18.9 Å². The molecular weight excluding hydrogens is 244 g/mol. The third-order valence-electron chi connectivity index (χ3n) is 2.87. The highest BCUT2D eigenvalue weighted by molar-refractivity contribution is 5.76. The maximum absolute atomic E-state index is 11.7. The number of para-hydroxylation sites is 1. The van der Waals surface area contributed by atoms with E-state index in [-0.39, 0.29) is 11.9 Å². The summed E-state index contributed by atoms with van der Waals surface area (Å²) in [4.78, 5) is 11.7. The number of amides is 1. The summed E-state index contributed by atoms with van der Waals surface area (Å²) in [6.07, 6.45) is 0.997. The Hall–Kier alpha value is -1.75. The van der Waals surface area contributed by atoms with Crippen LogP contribution in [0.2, 0.25) is 0 Å². The van der Waals surface area contributed by atoms with Crippen molar-refractivity contribution in [1.29, 1.82) is 0 Å². The Morgan fingerprint density at radius 3 is 2.68 bits per heavy atom. The second-order valence-corrected chi connectivity index (χ2v) is 4.36. The van der Waals surface area contributed by atoms with Crippen molar-refractivity contribution < 1.29 is 14.3 Å². The van der Waals surface area contributed by atoms with Crippen LogP contribution >= 0.6 is 0 Å². The van der Waals surface area contributed by atoms with E-state index in [0.29, 0.717) is 30.9 Å². The Labute approximate surface area is 114 Å². The van der Waals surface area contributed by atoms with Crippen LogP contribution in [0.4, 0.5) is 0 Å². The van der Waals surface area contributed by atoms with E-state index in [1.165, 1.54) is 0 Å². The first-order chi connectivity index (χ1) is 9.12. The van der Waals surface area contributed by atoms with E-state index >= 15 is 0 Å². The highest BCUT2D eigenvalue weighted by atomic mass is 16.5. The van der Waals surface area contributed by atoms with Crippen LogP contribution < -0.4 is 20.5 Å². The molecule has 19 heavy (non-hydrogen) atoms. The topological polar surface area (TPSA) is 73.6 Å². The number of hydrogen-bond acceptors (Lipinski definition) is 4.